The summed E-state index contributed by atoms with van der Waals surface area (Å²) < 4.78 is 10.5. The minimum Gasteiger partial charge on any atom is -0.484 e. The van der Waals surface area contributed by atoms with Gasteiger partial charge in [0.2, 0.25) is 5.76 Å². The summed E-state index contributed by atoms with van der Waals surface area (Å²) in [6.07, 6.45) is -0.0284. The summed E-state index contributed by atoms with van der Waals surface area (Å²) in [7, 11) is 0. The van der Waals surface area contributed by atoms with E-state index in [2.05, 4.69) is 0 Å². The van der Waals surface area contributed by atoms with E-state index in [1.807, 2.05) is 44.2 Å². The van der Waals surface area contributed by atoms with Gasteiger partial charge in [-0.15, -0.1) is 0 Å². The Morgan fingerprint density at radius 1 is 1.25 bits per heavy atom. The van der Waals surface area contributed by atoms with E-state index in [1.165, 1.54) is 0 Å². The molecule has 16 heavy (non-hydrogen) atoms. The van der Waals surface area contributed by atoms with E-state index in [-0.39, 0.29) is 12.1 Å². The average molecular weight is 218 g/mol. The number of hydrogen-bond donors (Lipinski definition) is 0. The number of carbonyl (C=O) groups is 1. The first-order chi connectivity index (χ1) is 7.68. The fraction of sp³-hybridized carbons (Fsp3) is 0.308. The van der Waals surface area contributed by atoms with Crippen LogP contribution in [-0.4, -0.2) is 18.7 Å². The molecule has 1 aromatic carbocycles. The third-order valence-electron chi connectivity index (χ3n) is 2.28. The second-order valence-corrected chi connectivity index (χ2v) is 3.92. The number of esters is 1. The Hall–Kier alpha value is -1.77. The van der Waals surface area contributed by atoms with Crippen LogP contribution in [0.1, 0.15) is 19.4 Å². The Morgan fingerprint density at radius 2 is 1.94 bits per heavy atom. The maximum Gasteiger partial charge on any atom is 0.374 e. The second kappa shape index (κ2) is 4.39. The highest BCUT2D eigenvalue weighted by atomic mass is 16.6. The Balaban J connectivity index is 2.36. The van der Waals surface area contributed by atoms with E-state index in [0.29, 0.717) is 12.4 Å². The highest BCUT2D eigenvalue weighted by Crippen LogP contribution is 2.27. The molecule has 0 saturated carbocycles. The van der Waals surface area contributed by atoms with Crippen molar-refractivity contribution in [2.75, 3.05) is 6.61 Å². The molecule has 0 saturated heterocycles. The molecule has 1 aliphatic rings. The number of rotatable bonds is 3. The molecular weight excluding hydrogens is 204 g/mol. The highest BCUT2D eigenvalue weighted by Gasteiger charge is 2.28. The minimum atomic E-state index is -0.368. The molecule has 0 unspecified atom stereocenters. The Morgan fingerprint density at radius 3 is 2.56 bits per heavy atom. The third-order valence-corrected chi connectivity index (χ3v) is 2.28. The minimum absolute atomic E-state index is 0.0284. The van der Waals surface area contributed by atoms with Gasteiger partial charge in [-0.25, -0.2) is 4.79 Å². The zero-order valence-corrected chi connectivity index (χ0v) is 9.40. The van der Waals surface area contributed by atoms with Crippen molar-refractivity contribution in [1.29, 1.82) is 0 Å². The van der Waals surface area contributed by atoms with E-state index in [4.69, 9.17) is 9.47 Å². The molecule has 1 heterocycles. The first kappa shape index (κ1) is 10.7. The second-order valence-electron chi connectivity index (χ2n) is 3.92. The van der Waals surface area contributed by atoms with Crippen molar-refractivity contribution in [2.45, 2.75) is 20.0 Å². The number of ether oxygens (including phenoxy) is 2. The molecule has 0 spiro atoms. The molecule has 84 valence electrons. The van der Waals surface area contributed by atoms with Crippen LogP contribution in [0.4, 0.5) is 0 Å². The van der Waals surface area contributed by atoms with Crippen molar-refractivity contribution < 1.29 is 14.3 Å². The standard InChI is InChI=1S/C13H14O3/c1-9(2)16-12-11(8-15-13(12)14)10-6-4-3-5-7-10/h3-7,9H,8H2,1-2H3. The van der Waals surface area contributed by atoms with Crippen LogP contribution >= 0.6 is 0 Å². The lowest BCUT2D eigenvalue weighted by molar-refractivity contribution is -0.139. The SMILES string of the molecule is CC(C)OC1=C(c2ccccc2)COC1=O. The third kappa shape index (κ3) is 2.08. The lowest BCUT2D eigenvalue weighted by Crippen LogP contribution is -2.09. The largest absolute Gasteiger partial charge is 0.484 e. The van der Waals surface area contributed by atoms with Gasteiger partial charge in [-0.2, -0.15) is 0 Å². The summed E-state index contributed by atoms with van der Waals surface area (Å²) in [6, 6.07) is 9.68. The number of hydrogen-bond acceptors (Lipinski definition) is 3. The first-order valence-electron chi connectivity index (χ1n) is 5.31. The Bertz CT molecular complexity index is 418. The van der Waals surface area contributed by atoms with Crippen LogP contribution in [0.25, 0.3) is 5.57 Å². The summed E-state index contributed by atoms with van der Waals surface area (Å²) in [6.45, 7) is 4.08. The van der Waals surface area contributed by atoms with Crippen molar-refractivity contribution in [3.8, 4) is 0 Å². The van der Waals surface area contributed by atoms with E-state index in [1.54, 1.807) is 0 Å². The molecule has 0 radical (unpaired) electrons. The molecule has 3 nitrogen and oxygen atoms in total. The normalized spacial score (nSPS) is 15.6. The quantitative estimate of drug-likeness (QED) is 0.731. The molecule has 0 N–H and O–H groups in total. The molecule has 0 aromatic heterocycles. The Labute approximate surface area is 94.7 Å². The first-order valence-corrected chi connectivity index (χ1v) is 5.31. The predicted octanol–water partition coefficient (Wildman–Crippen LogP) is 2.38. The highest BCUT2D eigenvalue weighted by molar-refractivity contribution is 5.99. The number of benzene rings is 1. The van der Waals surface area contributed by atoms with E-state index < -0.39 is 0 Å². The van der Waals surface area contributed by atoms with Gasteiger partial charge in [-0.3, -0.25) is 0 Å². The summed E-state index contributed by atoms with van der Waals surface area (Å²) in [5.41, 5.74) is 1.81. The fourth-order valence-electron chi connectivity index (χ4n) is 1.60. The molecule has 0 amide bonds. The van der Waals surface area contributed by atoms with Crippen LogP contribution < -0.4 is 0 Å². The predicted molar refractivity (Wildman–Crippen MR) is 60.5 cm³/mol. The van der Waals surface area contributed by atoms with E-state index in [9.17, 15) is 4.79 Å². The molecule has 0 bridgehead atoms. The zero-order valence-electron chi connectivity index (χ0n) is 9.40. The molecular formula is C13H14O3. The topological polar surface area (TPSA) is 35.5 Å². The molecule has 1 aliphatic heterocycles. The molecule has 3 heteroatoms. The Kier molecular flexibility index (Phi) is 2.95. The molecule has 0 fully saturated rings. The lowest BCUT2D eigenvalue weighted by Gasteiger charge is -2.09. The summed E-state index contributed by atoms with van der Waals surface area (Å²) in [4.78, 5) is 11.5. The maximum absolute atomic E-state index is 11.5. The van der Waals surface area contributed by atoms with Crippen LogP contribution in [0.2, 0.25) is 0 Å². The van der Waals surface area contributed by atoms with Gasteiger partial charge >= 0.3 is 5.97 Å². The fourth-order valence-corrected chi connectivity index (χ4v) is 1.60. The monoisotopic (exact) mass is 218 g/mol. The van der Waals surface area contributed by atoms with Gasteiger partial charge in [0.1, 0.15) is 6.61 Å². The van der Waals surface area contributed by atoms with Crippen molar-refractivity contribution in [1.82, 2.24) is 0 Å². The molecule has 2 rings (SSSR count). The summed E-state index contributed by atoms with van der Waals surface area (Å²) >= 11 is 0. The van der Waals surface area contributed by atoms with Gasteiger partial charge in [0.25, 0.3) is 0 Å². The van der Waals surface area contributed by atoms with Gasteiger partial charge < -0.3 is 9.47 Å². The van der Waals surface area contributed by atoms with Crippen LogP contribution in [0.15, 0.2) is 36.1 Å². The zero-order chi connectivity index (χ0) is 11.5. The summed E-state index contributed by atoms with van der Waals surface area (Å²) in [5.74, 6) is -0.0197. The van der Waals surface area contributed by atoms with Gasteiger partial charge in [0.15, 0.2) is 0 Å². The molecule has 1 aromatic rings. The smallest absolute Gasteiger partial charge is 0.374 e. The van der Waals surface area contributed by atoms with Gasteiger partial charge in [-0.1, -0.05) is 30.3 Å². The van der Waals surface area contributed by atoms with Crippen LogP contribution in [-0.2, 0) is 14.3 Å². The van der Waals surface area contributed by atoms with Crippen LogP contribution in [0.5, 0.6) is 0 Å². The van der Waals surface area contributed by atoms with Crippen LogP contribution in [0.3, 0.4) is 0 Å². The average Bonchev–Trinajstić information content (AvgIpc) is 2.61. The van der Waals surface area contributed by atoms with Crippen molar-refractivity contribution in [3.63, 3.8) is 0 Å². The number of cyclic esters (lactones) is 1. The van der Waals surface area contributed by atoms with Crippen molar-refractivity contribution in [3.05, 3.63) is 41.7 Å². The van der Waals surface area contributed by atoms with Gasteiger partial charge in [0.05, 0.1) is 6.10 Å². The van der Waals surface area contributed by atoms with Gasteiger partial charge in [-0.05, 0) is 19.4 Å². The summed E-state index contributed by atoms with van der Waals surface area (Å²) in [5, 5.41) is 0. The lowest BCUT2D eigenvalue weighted by atomic mass is 10.1. The molecule has 0 atom stereocenters. The van der Waals surface area contributed by atoms with Crippen molar-refractivity contribution >= 4 is 11.5 Å². The van der Waals surface area contributed by atoms with Crippen LogP contribution in [0, 0.1) is 0 Å². The number of carbonyl (C=O) groups excluding carboxylic acids is 1. The maximum atomic E-state index is 11.5. The van der Waals surface area contributed by atoms with E-state index in [0.717, 1.165) is 11.1 Å². The van der Waals surface area contributed by atoms with Crippen molar-refractivity contribution in [2.24, 2.45) is 0 Å². The van der Waals surface area contributed by atoms with E-state index >= 15 is 0 Å². The molecule has 0 aliphatic carbocycles. The van der Waals surface area contributed by atoms with Gasteiger partial charge in [0, 0.05) is 5.57 Å².